The Morgan fingerprint density at radius 1 is 1.21 bits per heavy atom. The zero-order chi connectivity index (χ0) is 20.6. The van der Waals surface area contributed by atoms with Crippen molar-refractivity contribution in [1.82, 2.24) is 14.7 Å². The van der Waals surface area contributed by atoms with Crippen molar-refractivity contribution in [2.75, 3.05) is 19.8 Å². The Hall–Kier alpha value is -3.03. The maximum absolute atomic E-state index is 13.4. The second-order valence-electron chi connectivity index (χ2n) is 7.56. The zero-order valence-electron chi connectivity index (χ0n) is 16.4. The number of nitrogens with zero attached hydrogens (tertiary/aromatic N) is 2. The molecule has 0 spiro atoms. The third kappa shape index (κ3) is 3.79. The van der Waals surface area contributed by atoms with Gasteiger partial charge in [0.2, 0.25) is 0 Å². The minimum absolute atomic E-state index is 0.266. The number of nitrogens with one attached hydrogen (secondary N) is 2. The van der Waals surface area contributed by atoms with Crippen LogP contribution in [0.3, 0.4) is 0 Å². The minimum atomic E-state index is -1.07. The summed E-state index contributed by atoms with van der Waals surface area (Å²) in [6.45, 7) is 5.03. The molecule has 0 aliphatic carbocycles. The average molecular weight is 394 g/mol. The molecule has 0 radical (unpaired) electrons. The molecule has 3 heterocycles. The summed E-state index contributed by atoms with van der Waals surface area (Å²) < 4.78 is 20.8. The van der Waals surface area contributed by atoms with Gasteiger partial charge in [0.05, 0.1) is 30.8 Å². The number of morpholine rings is 1. The first-order valence-corrected chi connectivity index (χ1v) is 9.44. The van der Waals surface area contributed by atoms with Gasteiger partial charge >= 0.3 is 0 Å². The highest BCUT2D eigenvalue weighted by Gasteiger charge is 2.23. The minimum Gasteiger partial charge on any atom is -0.384 e. The molecule has 1 aliphatic rings. The number of ether oxygens (including phenoxy) is 1. The van der Waals surface area contributed by atoms with E-state index in [1.807, 2.05) is 22.7 Å². The molecule has 7 heteroatoms. The molecule has 0 amide bonds. The molecule has 6 nitrogen and oxygen atoms in total. The smallest absolute Gasteiger partial charge is 0.137 e. The van der Waals surface area contributed by atoms with Crippen molar-refractivity contribution in [3.63, 3.8) is 0 Å². The third-order valence-electron chi connectivity index (χ3n) is 4.94. The van der Waals surface area contributed by atoms with Crippen molar-refractivity contribution in [2.45, 2.75) is 19.4 Å². The SMILES string of the molecule is CC(C)(O)c1cnc2ccc(/C(C(=N)c3ccc(F)cc3)=C3\COCCN3)cn12. The number of aliphatic hydroxyl groups is 1. The summed E-state index contributed by atoms with van der Waals surface area (Å²) in [6, 6.07) is 9.64. The lowest BCUT2D eigenvalue weighted by Gasteiger charge is -2.23. The molecule has 150 valence electrons. The van der Waals surface area contributed by atoms with Crippen LogP contribution in [0.2, 0.25) is 0 Å². The fourth-order valence-electron chi connectivity index (χ4n) is 3.47. The molecule has 29 heavy (non-hydrogen) atoms. The van der Waals surface area contributed by atoms with E-state index in [4.69, 9.17) is 10.1 Å². The number of pyridine rings is 1. The zero-order valence-corrected chi connectivity index (χ0v) is 16.4. The number of imidazole rings is 1. The Bertz CT molecular complexity index is 1090. The van der Waals surface area contributed by atoms with Gasteiger partial charge in [-0.15, -0.1) is 0 Å². The maximum atomic E-state index is 13.4. The van der Waals surface area contributed by atoms with E-state index in [2.05, 4.69) is 10.3 Å². The van der Waals surface area contributed by atoms with E-state index in [9.17, 15) is 9.50 Å². The Kier molecular flexibility index (Phi) is 4.94. The largest absolute Gasteiger partial charge is 0.384 e. The molecule has 0 bridgehead atoms. The molecule has 2 aromatic heterocycles. The van der Waals surface area contributed by atoms with Gasteiger partial charge in [-0.3, -0.25) is 5.41 Å². The number of benzene rings is 1. The van der Waals surface area contributed by atoms with Crippen LogP contribution in [-0.4, -0.2) is 40.0 Å². The molecule has 3 aromatic rings. The lowest BCUT2D eigenvalue weighted by molar-refractivity contribution is 0.0729. The van der Waals surface area contributed by atoms with Gasteiger partial charge in [0.25, 0.3) is 0 Å². The van der Waals surface area contributed by atoms with Gasteiger partial charge in [-0.1, -0.05) is 0 Å². The van der Waals surface area contributed by atoms with Gasteiger partial charge in [0.15, 0.2) is 0 Å². The fraction of sp³-hybridized carbons (Fsp3) is 0.273. The molecule has 1 fully saturated rings. The number of fused-ring (bicyclic) bond motifs is 1. The number of aromatic nitrogens is 2. The lowest BCUT2D eigenvalue weighted by atomic mass is 9.94. The molecule has 3 N–H and O–H groups in total. The van der Waals surface area contributed by atoms with Crippen LogP contribution in [-0.2, 0) is 10.3 Å². The molecule has 4 rings (SSSR count). The first-order chi connectivity index (χ1) is 13.8. The topological polar surface area (TPSA) is 82.6 Å². The lowest BCUT2D eigenvalue weighted by Crippen LogP contribution is -2.31. The molecular weight excluding hydrogens is 371 g/mol. The van der Waals surface area contributed by atoms with Gasteiger partial charge in [0.1, 0.15) is 17.1 Å². The third-order valence-corrected chi connectivity index (χ3v) is 4.94. The molecule has 1 aliphatic heterocycles. The Morgan fingerprint density at radius 3 is 2.59 bits per heavy atom. The van der Waals surface area contributed by atoms with E-state index in [0.29, 0.717) is 42.2 Å². The van der Waals surface area contributed by atoms with Crippen LogP contribution in [0, 0.1) is 11.2 Å². The van der Waals surface area contributed by atoms with Crippen molar-refractivity contribution >= 4 is 16.9 Å². The standard InChI is InChI=1S/C22H23FN4O2/c1-22(2,28)18-11-26-19-8-5-15(12-27(18)19)20(17-13-29-10-9-25-17)21(24)14-3-6-16(23)7-4-14/h3-8,11-12,24-25,28H,9-10,13H2,1-2H3/b20-17-,24-21?. The summed E-state index contributed by atoms with van der Waals surface area (Å²) >= 11 is 0. The molecule has 1 saturated heterocycles. The number of hydrogen-bond donors (Lipinski definition) is 3. The van der Waals surface area contributed by atoms with Crippen LogP contribution in [0.5, 0.6) is 0 Å². The van der Waals surface area contributed by atoms with Crippen LogP contribution in [0.25, 0.3) is 11.2 Å². The van der Waals surface area contributed by atoms with Crippen LogP contribution in [0.4, 0.5) is 4.39 Å². The highest BCUT2D eigenvalue weighted by Crippen LogP contribution is 2.27. The number of halogens is 1. The summed E-state index contributed by atoms with van der Waals surface area (Å²) in [5, 5.41) is 22.6. The van der Waals surface area contributed by atoms with Crippen LogP contribution in [0.15, 0.2) is 54.5 Å². The van der Waals surface area contributed by atoms with E-state index >= 15 is 0 Å². The predicted molar refractivity (Wildman–Crippen MR) is 109 cm³/mol. The monoisotopic (exact) mass is 394 g/mol. The van der Waals surface area contributed by atoms with E-state index in [1.165, 1.54) is 12.1 Å². The summed E-state index contributed by atoms with van der Waals surface area (Å²) in [5.74, 6) is -0.343. The van der Waals surface area contributed by atoms with E-state index in [1.54, 1.807) is 32.2 Å². The summed E-state index contributed by atoms with van der Waals surface area (Å²) in [7, 11) is 0. The van der Waals surface area contributed by atoms with Gasteiger partial charge in [-0.2, -0.15) is 0 Å². The van der Waals surface area contributed by atoms with Crippen molar-refractivity contribution in [2.24, 2.45) is 0 Å². The second-order valence-corrected chi connectivity index (χ2v) is 7.56. The second kappa shape index (κ2) is 7.42. The Morgan fingerprint density at radius 2 is 1.93 bits per heavy atom. The summed E-state index contributed by atoms with van der Waals surface area (Å²) in [5.41, 5.74) is 3.42. The predicted octanol–water partition coefficient (Wildman–Crippen LogP) is 3.10. The Balaban J connectivity index is 1.87. The first kappa shape index (κ1) is 19.3. The van der Waals surface area contributed by atoms with Gasteiger partial charge in [-0.25, -0.2) is 9.37 Å². The average Bonchev–Trinajstić information content (AvgIpc) is 3.13. The van der Waals surface area contributed by atoms with E-state index < -0.39 is 5.60 Å². The van der Waals surface area contributed by atoms with Gasteiger partial charge < -0.3 is 19.6 Å². The van der Waals surface area contributed by atoms with Crippen LogP contribution >= 0.6 is 0 Å². The van der Waals surface area contributed by atoms with Crippen LogP contribution < -0.4 is 5.32 Å². The summed E-state index contributed by atoms with van der Waals surface area (Å²) in [6.07, 6.45) is 3.52. The van der Waals surface area contributed by atoms with E-state index in [-0.39, 0.29) is 11.5 Å². The molecule has 0 saturated carbocycles. The van der Waals surface area contributed by atoms with Crippen LogP contribution in [0.1, 0.15) is 30.7 Å². The van der Waals surface area contributed by atoms with E-state index in [0.717, 1.165) is 11.3 Å². The molecule has 0 atom stereocenters. The van der Waals surface area contributed by atoms with Crippen molar-refractivity contribution in [1.29, 1.82) is 5.41 Å². The summed E-state index contributed by atoms with van der Waals surface area (Å²) in [4.78, 5) is 4.36. The van der Waals surface area contributed by atoms with Crippen molar-refractivity contribution in [3.05, 3.63) is 77.1 Å². The molecule has 1 aromatic carbocycles. The highest BCUT2D eigenvalue weighted by molar-refractivity contribution is 6.31. The highest BCUT2D eigenvalue weighted by atomic mass is 19.1. The molecule has 0 unspecified atom stereocenters. The van der Waals surface area contributed by atoms with Crippen molar-refractivity contribution in [3.8, 4) is 0 Å². The van der Waals surface area contributed by atoms with Gasteiger partial charge in [-0.05, 0) is 50.2 Å². The number of hydrogen-bond acceptors (Lipinski definition) is 5. The quantitative estimate of drug-likeness (QED) is 0.594. The Labute approximate surface area is 168 Å². The fourth-order valence-corrected chi connectivity index (χ4v) is 3.47. The maximum Gasteiger partial charge on any atom is 0.137 e. The van der Waals surface area contributed by atoms with Crippen molar-refractivity contribution < 1.29 is 14.2 Å². The first-order valence-electron chi connectivity index (χ1n) is 9.44. The van der Waals surface area contributed by atoms with Gasteiger partial charge in [0, 0.05) is 35.1 Å². The number of rotatable bonds is 4. The number of allylic oxidation sites excluding steroid dienone is 1. The normalized spacial score (nSPS) is 16.6. The molecular formula is C22H23FN4O2.